The number of carbonyl (C=O) groups is 2. The lowest BCUT2D eigenvalue weighted by Gasteiger charge is -2.34. The van der Waals surface area contributed by atoms with Crippen molar-refractivity contribution in [3.05, 3.63) is 128 Å². The molecule has 0 heterocycles. The number of nitrogens with one attached hydrogen (secondary N) is 1. The highest BCUT2D eigenvalue weighted by atomic mass is 35.5. The second-order valence-electron chi connectivity index (χ2n) is 10.7. The molecule has 12 heteroatoms. The first-order chi connectivity index (χ1) is 21.9. The second kappa shape index (κ2) is 16.0. The van der Waals surface area contributed by atoms with Gasteiger partial charge in [-0.25, -0.2) is 8.42 Å². The van der Waals surface area contributed by atoms with Crippen molar-refractivity contribution in [1.29, 1.82) is 0 Å². The van der Waals surface area contributed by atoms with Crippen molar-refractivity contribution in [2.24, 2.45) is 0 Å². The molecular weight excluding hydrogens is 688 g/mol. The molecule has 0 saturated carbocycles. The summed E-state index contributed by atoms with van der Waals surface area (Å²) >= 11 is 25.1. The summed E-state index contributed by atoms with van der Waals surface area (Å²) in [7, 11) is -4.31. The van der Waals surface area contributed by atoms with Crippen molar-refractivity contribution in [3.8, 4) is 0 Å². The smallest absolute Gasteiger partial charge is 0.264 e. The number of anilines is 1. The van der Waals surface area contributed by atoms with Gasteiger partial charge in [-0.2, -0.15) is 0 Å². The Hall–Kier alpha value is -3.27. The van der Waals surface area contributed by atoms with E-state index in [0.717, 1.165) is 15.4 Å². The number of amides is 2. The minimum atomic E-state index is -4.31. The predicted octanol–water partition coefficient (Wildman–Crippen LogP) is 7.97. The molecule has 0 aliphatic heterocycles. The quantitative estimate of drug-likeness (QED) is 0.152. The van der Waals surface area contributed by atoms with Crippen LogP contribution in [-0.2, 0) is 32.6 Å². The summed E-state index contributed by atoms with van der Waals surface area (Å²) in [5.41, 5.74) is 2.37. The summed E-state index contributed by atoms with van der Waals surface area (Å²) in [5, 5.41) is 3.89. The van der Waals surface area contributed by atoms with E-state index in [1.54, 1.807) is 30.3 Å². The molecule has 0 fully saturated rings. The Morgan fingerprint density at radius 1 is 0.804 bits per heavy atom. The van der Waals surface area contributed by atoms with Crippen LogP contribution in [-0.4, -0.2) is 44.3 Å². The molecule has 242 valence electrons. The molecule has 0 bridgehead atoms. The zero-order valence-corrected chi connectivity index (χ0v) is 29.1. The number of sulfonamides is 1. The fourth-order valence-corrected chi connectivity index (χ4v) is 7.04. The zero-order chi connectivity index (χ0) is 33.4. The minimum absolute atomic E-state index is 0.0282. The lowest BCUT2D eigenvalue weighted by molar-refractivity contribution is -0.140. The average Bonchev–Trinajstić information content (AvgIpc) is 3.02. The molecule has 1 atom stereocenters. The van der Waals surface area contributed by atoms with E-state index in [1.165, 1.54) is 35.2 Å². The topological polar surface area (TPSA) is 86.8 Å². The molecule has 0 unspecified atom stereocenters. The van der Waals surface area contributed by atoms with Crippen LogP contribution in [0.2, 0.25) is 20.1 Å². The molecule has 1 N–H and O–H groups in total. The normalized spacial score (nSPS) is 12.0. The molecule has 0 aromatic heterocycles. The summed E-state index contributed by atoms with van der Waals surface area (Å²) in [6.45, 7) is 3.46. The predicted molar refractivity (Wildman–Crippen MR) is 186 cm³/mol. The fraction of sp³-hybridized carbons (Fsp3) is 0.235. The second-order valence-corrected chi connectivity index (χ2v) is 14.3. The van der Waals surface area contributed by atoms with Crippen LogP contribution in [0, 0.1) is 6.92 Å². The third-order valence-corrected chi connectivity index (χ3v) is 10.1. The molecule has 7 nitrogen and oxygen atoms in total. The molecule has 4 rings (SSSR count). The van der Waals surface area contributed by atoms with Gasteiger partial charge in [0.05, 0.1) is 20.6 Å². The van der Waals surface area contributed by atoms with Crippen LogP contribution in [0.1, 0.15) is 30.0 Å². The van der Waals surface area contributed by atoms with Gasteiger partial charge >= 0.3 is 0 Å². The first-order valence-corrected chi connectivity index (χ1v) is 17.4. The number of rotatable bonds is 13. The van der Waals surface area contributed by atoms with Gasteiger partial charge in [0.2, 0.25) is 11.8 Å². The molecule has 0 radical (unpaired) electrons. The van der Waals surface area contributed by atoms with Crippen LogP contribution in [0.5, 0.6) is 0 Å². The standard InChI is InChI=1S/C34H33Cl4N3O4S/c1-3-15-39-34(43)32(17-24-7-5-4-6-8-24)40(21-25-11-14-30(37)31(38)16-25)33(42)22-41(28-19-26(35)18-27(36)20-28)46(44,45)29-12-9-23(2)10-13-29/h4-14,16,18-20,32H,3,15,17,21-22H2,1-2H3,(H,39,43)/t32-/m1/s1. The van der Waals surface area contributed by atoms with E-state index in [0.29, 0.717) is 23.6 Å². The highest BCUT2D eigenvalue weighted by Crippen LogP contribution is 2.31. The monoisotopic (exact) mass is 719 g/mol. The van der Waals surface area contributed by atoms with E-state index in [4.69, 9.17) is 46.4 Å². The largest absolute Gasteiger partial charge is 0.354 e. The zero-order valence-electron chi connectivity index (χ0n) is 25.2. The highest BCUT2D eigenvalue weighted by molar-refractivity contribution is 7.92. The van der Waals surface area contributed by atoms with Crippen LogP contribution < -0.4 is 9.62 Å². The molecule has 2 amide bonds. The maximum Gasteiger partial charge on any atom is 0.264 e. The molecule has 0 spiro atoms. The van der Waals surface area contributed by atoms with Crippen LogP contribution in [0.4, 0.5) is 5.69 Å². The van der Waals surface area contributed by atoms with Gasteiger partial charge in [0.25, 0.3) is 10.0 Å². The molecule has 4 aromatic carbocycles. The molecule has 4 aromatic rings. The Morgan fingerprint density at radius 3 is 2.07 bits per heavy atom. The van der Waals surface area contributed by atoms with Crippen molar-refractivity contribution >= 4 is 73.9 Å². The molecule has 46 heavy (non-hydrogen) atoms. The minimum Gasteiger partial charge on any atom is -0.354 e. The Kier molecular flexibility index (Phi) is 12.4. The molecular formula is C34H33Cl4N3O4S. The van der Waals surface area contributed by atoms with Gasteiger partial charge in [0.15, 0.2) is 0 Å². The van der Waals surface area contributed by atoms with Crippen molar-refractivity contribution in [2.45, 2.75) is 44.2 Å². The Labute approximate surface area is 290 Å². The summed E-state index contributed by atoms with van der Waals surface area (Å²) in [5.74, 6) is -1.01. The van der Waals surface area contributed by atoms with Gasteiger partial charge in [-0.3, -0.25) is 13.9 Å². The number of nitrogens with zero attached hydrogens (tertiary/aromatic N) is 2. The van der Waals surface area contributed by atoms with Gasteiger partial charge in [-0.05, 0) is 66.9 Å². The Bertz CT molecular complexity index is 1770. The number of halogens is 4. The third kappa shape index (κ3) is 9.17. The van der Waals surface area contributed by atoms with Gasteiger partial charge < -0.3 is 10.2 Å². The number of aryl methyl sites for hydroxylation is 1. The van der Waals surface area contributed by atoms with E-state index in [9.17, 15) is 18.0 Å². The number of benzene rings is 4. The SMILES string of the molecule is CCCNC(=O)[C@@H](Cc1ccccc1)N(Cc1ccc(Cl)c(Cl)c1)C(=O)CN(c1cc(Cl)cc(Cl)c1)S(=O)(=O)c1ccc(C)cc1. The van der Waals surface area contributed by atoms with E-state index in [1.807, 2.05) is 44.2 Å². The first kappa shape index (κ1) is 35.6. The van der Waals surface area contributed by atoms with Gasteiger partial charge in [0, 0.05) is 29.6 Å². The number of hydrogen-bond acceptors (Lipinski definition) is 4. The van der Waals surface area contributed by atoms with Crippen molar-refractivity contribution in [3.63, 3.8) is 0 Å². The molecule has 0 saturated heterocycles. The summed E-state index contributed by atoms with van der Waals surface area (Å²) in [6.07, 6.45) is 0.861. The summed E-state index contributed by atoms with van der Waals surface area (Å²) < 4.78 is 29.3. The molecule has 0 aliphatic carbocycles. The van der Waals surface area contributed by atoms with Gasteiger partial charge in [-0.15, -0.1) is 0 Å². The third-order valence-electron chi connectivity index (χ3n) is 7.18. The van der Waals surface area contributed by atoms with Crippen LogP contribution >= 0.6 is 46.4 Å². The maximum atomic E-state index is 14.5. The van der Waals surface area contributed by atoms with Crippen molar-refractivity contribution in [2.75, 3.05) is 17.4 Å². The summed E-state index contributed by atoms with van der Waals surface area (Å²) in [4.78, 5) is 29.6. The lowest BCUT2D eigenvalue weighted by Crippen LogP contribution is -2.53. The van der Waals surface area contributed by atoms with Crippen molar-refractivity contribution < 1.29 is 18.0 Å². The van der Waals surface area contributed by atoms with Crippen LogP contribution in [0.3, 0.4) is 0 Å². The summed E-state index contributed by atoms with van der Waals surface area (Å²) in [6, 6.07) is 23.8. The average molecular weight is 722 g/mol. The number of carbonyl (C=O) groups excluding carboxylic acids is 2. The van der Waals surface area contributed by atoms with E-state index >= 15 is 0 Å². The maximum absolute atomic E-state index is 14.5. The van der Waals surface area contributed by atoms with E-state index in [-0.39, 0.29) is 44.5 Å². The van der Waals surface area contributed by atoms with Gasteiger partial charge in [-0.1, -0.05) is 107 Å². The lowest BCUT2D eigenvalue weighted by atomic mass is 10.0. The van der Waals surface area contributed by atoms with Gasteiger partial charge in [0.1, 0.15) is 12.6 Å². The Balaban J connectivity index is 1.83. The first-order valence-electron chi connectivity index (χ1n) is 14.5. The molecule has 0 aliphatic rings. The van der Waals surface area contributed by atoms with E-state index < -0.39 is 28.5 Å². The Morgan fingerprint density at radius 2 is 1.46 bits per heavy atom. The highest BCUT2D eigenvalue weighted by Gasteiger charge is 2.35. The van der Waals surface area contributed by atoms with Crippen molar-refractivity contribution in [1.82, 2.24) is 10.2 Å². The van der Waals surface area contributed by atoms with Crippen LogP contribution in [0.15, 0.2) is 95.9 Å². The number of hydrogen-bond donors (Lipinski definition) is 1. The van der Waals surface area contributed by atoms with E-state index in [2.05, 4.69) is 5.32 Å². The fourth-order valence-electron chi connectivity index (χ4n) is 4.80. The van der Waals surface area contributed by atoms with Crippen LogP contribution in [0.25, 0.3) is 0 Å².